The predicted octanol–water partition coefficient (Wildman–Crippen LogP) is 4.70. The third kappa shape index (κ3) is 6.98. The van der Waals surface area contributed by atoms with Crippen LogP contribution in [0.2, 0.25) is 5.02 Å². The van der Waals surface area contributed by atoms with Crippen molar-refractivity contribution in [1.82, 2.24) is 9.88 Å². The Hall–Kier alpha value is -4.18. The monoisotopic (exact) mass is 543 g/mol. The van der Waals surface area contributed by atoms with Crippen LogP contribution in [-0.4, -0.2) is 40.0 Å². The van der Waals surface area contributed by atoms with Gasteiger partial charge >= 0.3 is 12.0 Å². The zero-order chi connectivity index (χ0) is 27.8. The fourth-order valence-electron chi connectivity index (χ4n) is 3.85. The molecule has 0 spiro atoms. The van der Waals surface area contributed by atoms with E-state index in [1.165, 1.54) is 10.8 Å². The number of nitrogens with one attached hydrogen (secondary N) is 2. The molecule has 1 heterocycles. The highest BCUT2D eigenvalue weighted by atomic mass is 35.5. The molecule has 2 amide bonds. The summed E-state index contributed by atoms with van der Waals surface area (Å²) in [6.45, 7) is 6.09. The molecule has 11 heteroatoms. The molecule has 202 valence electrons. The van der Waals surface area contributed by atoms with Gasteiger partial charge in [0.2, 0.25) is 0 Å². The number of amides is 2. The number of urea groups is 1. The van der Waals surface area contributed by atoms with Crippen LogP contribution < -0.4 is 25.7 Å². The number of aromatic nitrogens is 1. The largest absolute Gasteiger partial charge is 0.505 e. The van der Waals surface area contributed by atoms with Crippen molar-refractivity contribution in [2.45, 2.75) is 39.8 Å². The van der Waals surface area contributed by atoms with Crippen LogP contribution in [0.1, 0.15) is 43.0 Å². The number of rotatable bonds is 11. The van der Waals surface area contributed by atoms with Crippen molar-refractivity contribution in [3.8, 4) is 17.2 Å². The molecule has 38 heavy (non-hydrogen) atoms. The number of carbonyl (C=O) groups is 2. The Kier molecular flexibility index (Phi) is 9.61. The van der Waals surface area contributed by atoms with Gasteiger partial charge in [-0.1, -0.05) is 35.9 Å². The SMILES string of the molecule is CCOc1ccc([C@H](CC(=O)O)NC(=O)Nc2c(O)c(C)cn(Cc3ccccc3Cl)c2=O)cc1OCC. The summed E-state index contributed by atoms with van der Waals surface area (Å²) in [5.41, 5.74) is 0.489. The molecule has 0 unspecified atom stereocenters. The third-order valence-electron chi connectivity index (χ3n) is 5.63. The summed E-state index contributed by atoms with van der Waals surface area (Å²) in [5.74, 6) is -0.652. The molecule has 0 aliphatic carbocycles. The molecule has 0 saturated carbocycles. The van der Waals surface area contributed by atoms with Crippen LogP contribution in [0.3, 0.4) is 0 Å². The molecule has 3 rings (SSSR count). The maximum Gasteiger partial charge on any atom is 0.319 e. The molecular formula is C27H30ClN3O7. The van der Waals surface area contributed by atoms with E-state index in [0.717, 1.165) is 0 Å². The number of carboxylic acids is 1. The minimum atomic E-state index is -1.15. The molecule has 3 aromatic rings. The molecule has 10 nitrogen and oxygen atoms in total. The number of hydrogen-bond donors (Lipinski definition) is 4. The van der Waals surface area contributed by atoms with Gasteiger partial charge in [-0.05, 0) is 50.1 Å². The first-order chi connectivity index (χ1) is 18.1. The number of aromatic hydroxyl groups is 1. The van der Waals surface area contributed by atoms with Crippen LogP contribution in [0.4, 0.5) is 10.5 Å². The standard InChI is InChI=1S/C27H30ClN3O7/c1-4-37-21-11-10-17(12-22(21)38-5-2)20(13-23(32)33)29-27(36)30-24-25(34)16(3)14-31(26(24)35)15-18-8-6-7-9-19(18)28/h6-12,14,20,34H,4-5,13,15H2,1-3H3,(H,32,33)(H2,29,30,36)/t20-/m0/s1. The van der Waals surface area contributed by atoms with Crippen LogP contribution in [0, 0.1) is 6.92 Å². The molecule has 0 saturated heterocycles. The van der Waals surface area contributed by atoms with E-state index in [2.05, 4.69) is 10.6 Å². The lowest BCUT2D eigenvalue weighted by atomic mass is 10.0. The van der Waals surface area contributed by atoms with E-state index in [-0.39, 0.29) is 12.2 Å². The second kappa shape index (κ2) is 12.9. The van der Waals surface area contributed by atoms with E-state index < -0.39 is 35.8 Å². The zero-order valence-electron chi connectivity index (χ0n) is 21.3. The van der Waals surface area contributed by atoms with Gasteiger partial charge in [-0.15, -0.1) is 0 Å². The number of carboxylic acid groups (broad SMARTS) is 1. The average molecular weight is 544 g/mol. The number of nitrogens with zero attached hydrogens (tertiary/aromatic N) is 1. The lowest BCUT2D eigenvalue weighted by Gasteiger charge is -2.20. The number of pyridine rings is 1. The number of halogens is 1. The van der Waals surface area contributed by atoms with E-state index in [1.807, 2.05) is 6.92 Å². The van der Waals surface area contributed by atoms with Gasteiger partial charge in [-0.25, -0.2) is 4.79 Å². The lowest BCUT2D eigenvalue weighted by molar-refractivity contribution is -0.137. The fraction of sp³-hybridized carbons (Fsp3) is 0.296. The van der Waals surface area contributed by atoms with Gasteiger partial charge in [-0.3, -0.25) is 9.59 Å². The molecule has 0 aliphatic rings. The summed E-state index contributed by atoms with van der Waals surface area (Å²) in [6.07, 6.45) is 1.02. The van der Waals surface area contributed by atoms with Crippen molar-refractivity contribution in [3.05, 3.63) is 80.7 Å². The molecule has 1 aromatic heterocycles. The minimum absolute atomic E-state index is 0.115. The number of benzene rings is 2. The second-order valence-electron chi connectivity index (χ2n) is 8.38. The highest BCUT2D eigenvalue weighted by molar-refractivity contribution is 6.31. The van der Waals surface area contributed by atoms with Gasteiger partial charge < -0.3 is 34.9 Å². The van der Waals surface area contributed by atoms with E-state index in [0.29, 0.717) is 46.4 Å². The van der Waals surface area contributed by atoms with Crippen molar-refractivity contribution in [1.29, 1.82) is 0 Å². The number of anilines is 1. The second-order valence-corrected chi connectivity index (χ2v) is 8.79. The quantitative estimate of drug-likeness (QED) is 0.275. The summed E-state index contributed by atoms with van der Waals surface area (Å²) < 4.78 is 12.5. The van der Waals surface area contributed by atoms with Gasteiger partial charge in [0.25, 0.3) is 5.56 Å². The van der Waals surface area contributed by atoms with Gasteiger partial charge in [0, 0.05) is 16.8 Å². The van der Waals surface area contributed by atoms with Crippen molar-refractivity contribution in [3.63, 3.8) is 0 Å². The molecule has 0 fully saturated rings. The third-order valence-corrected chi connectivity index (χ3v) is 5.99. The van der Waals surface area contributed by atoms with Crippen molar-refractivity contribution in [2.24, 2.45) is 0 Å². The Morgan fingerprint density at radius 3 is 2.42 bits per heavy atom. The number of carbonyl (C=O) groups excluding carboxylic acids is 1. The van der Waals surface area contributed by atoms with Crippen molar-refractivity contribution >= 4 is 29.3 Å². The Balaban J connectivity index is 1.89. The van der Waals surface area contributed by atoms with Crippen LogP contribution >= 0.6 is 11.6 Å². The lowest BCUT2D eigenvalue weighted by Crippen LogP contribution is -2.36. The smallest absolute Gasteiger partial charge is 0.319 e. The molecule has 0 aliphatic heterocycles. The van der Waals surface area contributed by atoms with Crippen LogP contribution in [-0.2, 0) is 11.3 Å². The Morgan fingerprint density at radius 1 is 1.08 bits per heavy atom. The Labute approximate surface area is 224 Å². The van der Waals surface area contributed by atoms with Crippen molar-refractivity contribution < 1.29 is 29.3 Å². The van der Waals surface area contributed by atoms with Crippen molar-refractivity contribution in [2.75, 3.05) is 18.5 Å². The van der Waals surface area contributed by atoms with Gasteiger partial charge in [-0.2, -0.15) is 0 Å². The van der Waals surface area contributed by atoms with E-state index in [9.17, 15) is 24.6 Å². The fourth-order valence-corrected chi connectivity index (χ4v) is 4.05. The van der Waals surface area contributed by atoms with E-state index in [1.54, 1.807) is 56.3 Å². The molecule has 2 aromatic carbocycles. The van der Waals surface area contributed by atoms with E-state index >= 15 is 0 Å². The summed E-state index contributed by atoms with van der Waals surface area (Å²) in [7, 11) is 0. The van der Waals surface area contributed by atoms with Gasteiger partial charge in [0.1, 0.15) is 5.75 Å². The number of hydrogen-bond acceptors (Lipinski definition) is 6. The molecule has 0 radical (unpaired) electrons. The predicted molar refractivity (Wildman–Crippen MR) is 144 cm³/mol. The molecule has 0 bridgehead atoms. The highest BCUT2D eigenvalue weighted by Gasteiger charge is 2.22. The number of aryl methyl sites for hydroxylation is 1. The highest BCUT2D eigenvalue weighted by Crippen LogP contribution is 2.32. The molecule has 4 N–H and O–H groups in total. The summed E-state index contributed by atoms with van der Waals surface area (Å²) in [4.78, 5) is 37.7. The number of ether oxygens (including phenoxy) is 2. The van der Waals surface area contributed by atoms with Gasteiger partial charge in [0.05, 0.1) is 32.2 Å². The number of aliphatic carboxylic acids is 1. The maximum atomic E-state index is 13.1. The average Bonchev–Trinajstić information content (AvgIpc) is 2.87. The summed E-state index contributed by atoms with van der Waals surface area (Å²) in [6, 6.07) is 10.0. The summed E-state index contributed by atoms with van der Waals surface area (Å²) >= 11 is 6.23. The first-order valence-corrected chi connectivity index (χ1v) is 12.4. The molecule has 1 atom stereocenters. The van der Waals surface area contributed by atoms with Crippen LogP contribution in [0.25, 0.3) is 0 Å². The Bertz CT molecular complexity index is 1370. The summed E-state index contributed by atoms with van der Waals surface area (Å²) in [5, 5.41) is 25.4. The minimum Gasteiger partial charge on any atom is -0.505 e. The maximum absolute atomic E-state index is 13.1. The van der Waals surface area contributed by atoms with Crippen LogP contribution in [0.15, 0.2) is 53.5 Å². The normalized spacial score (nSPS) is 11.5. The van der Waals surface area contributed by atoms with Gasteiger partial charge in [0.15, 0.2) is 17.2 Å². The topological polar surface area (TPSA) is 139 Å². The zero-order valence-corrected chi connectivity index (χ0v) is 22.0. The van der Waals surface area contributed by atoms with Crippen LogP contribution in [0.5, 0.6) is 17.2 Å². The van der Waals surface area contributed by atoms with E-state index in [4.69, 9.17) is 21.1 Å². The molecular weight excluding hydrogens is 514 g/mol. The first-order valence-electron chi connectivity index (χ1n) is 12.0. The Morgan fingerprint density at radius 2 is 1.76 bits per heavy atom. The first kappa shape index (κ1) is 28.4.